The van der Waals surface area contributed by atoms with Gasteiger partial charge >= 0.3 is 0 Å². The van der Waals surface area contributed by atoms with E-state index in [1.54, 1.807) is 0 Å². The molecule has 0 spiro atoms. The van der Waals surface area contributed by atoms with E-state index in [9.17, 15) is 0 Å². The Balaban J connectivity index is 1.19. The van der Waals surface area contributed by atoms with E-state index >= 15 is 0 Å². The van der Waals surface area contributed by atoms with Gasteiger partial charge in [-0.15, -0.1) is 0 Å². The van der Waals surface area contributed by atoms with Crippen LogP contribution < -0.4 is 4.90 Å². The summed E-state index contributed by atoms with van der Waals surface area (Å²) >= 11 is 6.77. The Hall–Kier alpha value is -5.77. The molecule has 2 heterocycles. The third kappa shape index (κ3) is 4.22. The second-order valence-corrected chi connectivity index (χ2v) is 13.9. The molecule has 234 valence electrons. The topological polar surface area (TPSA) is 29.5 Å². The van der Waals surface area contributed by atoms with Crippen molar-refractivity contribution in [3.63, 3.8) is 0 Å². The molecule has 10 rings (SSSR count). The van der Waals surface area contributed by atoms with Crippen LogP contribution in [0.4, 0.5) is 17.1 Å². The summed E-state index contributed by atoms with van der Waals surface area (Å²) in [5.74, 6) is 0. The highest BCUT2D eigenvalue weighted by molar-refractivity contribution is 6.32. The van der Waals surface area contributed by atoms with Crippen LogP contribution in [-0.4, -0.2) is 0 Å². The minimum absolute atomic E-state index is 0.133. The number of halogens is 1. The molecular weight excluding hydrogens is 622 g/mol. The minimum atomic E-state index is -0.133. The van der Waals surface area contributed by atoms with Crippen LogP contribution in [0, 0.1) is 0 Å². The summed E-state index contributed by atoms with van der Waals surface area (Å²) in [6.07, 6.45) is 0. The van der Waals surface area contributed by atoms with Gasteiger partial charge in [-0.2, -0.15) is 0 Å². The highest BCUT2D eigenvalue weighted by Gasteiger charge is 2.35. The molecule has 0 fully saturated rings. The van der Waals surface area contributed by atoms with Gasteiger partial charge in [0.2, 0.25) is 0 Å². The van der Waals surface area contributed by atoms with E-state index < -0.39 is 0 Å². The van der Waals surface area contributed by atoms with Gasteiger partial charge < -0.3 is 13.7 Å². The zero-order valence-electron chi connectivity index (χ0n) is 27.0. The first-order chi connectivity index (χ1) is 23.9. The molecule has 9 aromatic rings. The highest BCUT2D eigenvalue weighted by Crippen LogP contribution is 2.51. The Morgan fingerprint density at radius 3 is 1.98 bits per heavy atom. The van der Waals surface area contributed by atoms with E-state index in [2.05, 4.69) is 122 Å². The van der Waals surface area contributed by atoms with Crippen molar-refractivity contribution < 1.29 is 8.83 Å². The van der Waals surface area contributed by atoms with Gasteiger partial charge in [0.15, 0.2) is 0 Å². The normalized spacial score (nSPS) is 13.4. The van der Waals surface area contributed by atoms with Crippen LogP contribution in [0.2, 0.25) is 5.02 Å². The van der Waals surface area contributed by atoms with Crippen molar-refractivity contribution >= 4 is 72.5 Å². The third-order valence-corrected chi connectivity index (χ3v) is 10.5. The number of hydrogen-bond acceptors (Lipinski definition) is 3. The first-order valence-corrected chi connectivity index (χ1v) is 17.0. The number of furan rings is 2. The minimum Gasteiger partial charge on any atom is -0.456 e. The quantitative estimate of drug-likeness (QED) is 0.190. The molecule has 1 aliphatic rings. The van der Waals surface area contributed by atoms with Crippen molar-refractivity contribution in [2.45, 2.75) is 19.3 Å². The number of nitrogens with zero attached hydrogens (tertiary/aromatic N) is 1. The van der Waals surface area contributed by atoms with E-state index in [1.165, 1.54) is 22.3 Å². The number of hydrogen-bond donors (Lipinski definition) is 0. The number of anilines is 3. The van der Waals surface area contributed by atoms with Gasteiger partial charge in [-0.25, -0.2) is 0 Å². The van der Waals surface area contributed by atoms with Crippen molar-refractivity contribution in [3.8, 4) is 22.3 Å². The molecule has 2 aromatic heterocycles. The second kappa shape index (κ2) is 10.4. The molecule has 0 aliphatic heterocycles. The van der Waals surface area contributed by atoms with Gasteiger partial charge in [0.05, 0.1) is 0 Å². The van der Waals surface area contributed by atoms with Crippen molar-refractivity contribution in [2.24, 2.45) is 0 Å². The average Bonchev–Trinajstić information content (AvgIpc) is 3.76. The lowest BCUT2D eigenvalue weighted by atomic mass is 9.82. The molecule has 0 N–H and O–H groups in total. The fourth-order valence-electron chi connectivity index (χ4n) is 7.95. The van der Waals surface area contributed by atoms with E-state index in [1.807, 2.05) is 42.5 Å². The van der Waals surface area contributed by atoms with Crippen molar-refractivity contribution in [3.05, 3.63) is 162 Å². The van der Waals surface area contributed by atoms with Crippen LogP contribution in [0.25, 0.3) is 66.1 Å². The molecule has 0 unspecified atom stereocenters. The predicted octanol–water partition coefficient (Wildman–Crippen LogP) is 13.6. The van der Waals surface area contributed by atoms with Gasteiger partial charge in [0.25, 0.3) is 0 Å². The molecular formula is C45H30ClNO2. The van der Waals surface area contributed by atoms with Gasteiger partial charge in [0, 0.05) is 60.7 Å². The standard InChI is InChI=1S/C45H30ClNO2/c1-45(2)39-15-6-3-12-32(39)33-20-18-30(25-40(33)45)47(31-19-21-36-34-13-4-7-16-41(34)48-43(36)26-31)29-11-9-10-27(22-29)37-23-28(46)24-38-35-14-5-8-17-42(35)49-44(37)38/h3-26H,1-2H3. The van der Waals surface area contributed by atoms with E-state index in [0.717, 1.165) is 72.1 Å². The summed E-state index contributed by atoms with van der Waals surface area (Å²) in [6, 6.07) is 51.2. The Labute approximate surface area is 288 Å². The lowest BCUT2D eigenvalue weighted by molar-refractivity contribution is 0.660. The Morgan fingerprint density at radius 1 is 0.469 bits per heavy atom. The summed E-state index contributed by atoms with van der Waals surface area (Å²) in [4.78, 5) is 2.33. The molecule has 0 saturated carbocycles. The zero-order valence-corrected chi connectivity index (χ0v) is 27.8. The van der Waals surface area contributed by atoms with Crippen LogP contribution >= 0.6 is 11.6 Å². The summed E-state index contributed by atoms with van der Waals surface area (Å²) in [5, 5.41) is 4.96. The molecule has 0 saturated heterocycles. The lowest BCUT2D eigenvalue weighted by Crippen LogP contribution is -2.16. The summed E-state index contributed by atoms with van der Waals surface area (Å²) in [6.45, 7) is 4.65. The van der Waals surface area contributed by atoms with Crippen LogP contribution in [0.5, 0.6) is 0 Å². The van der Waals surface area contributed by atoms with Crippen molar-refractivity contribution in [1.29, 1.82) is 0 Å². The van der Waals surface area contributed by atoms with Crippen LogP contribution in [0.15, 0.2) is 154 Å². The first-order valence-electron chi connectivity index (χ1n) is 16.6. The average molecular weight is 652 g/mol. The van der Waals surface area contributed by atoms with Crippen molar-refractivity contribution in [1.82, 2.24) is 0 Å². The number of benzene rings is 7. The van der Waals surface area contributed by atoms with Gasteiger partial charge in [-0.1, -0.05) is 104 Å². The lowest BCUT2D eigenvalue weighted by Gasteiger charge is -2.28. The molecule has 0 radical (unpaired) electrons. The molecule has 7 aromatic carbocycles. The van der Waals surface area contributed by atoms with E-state index in [4.69, 9.17) is 20.4 Å². The van der Waals surface area contributed by atoms with E-state index in [-0.39, 0.29) is 5.41 Å². The SMILES string of the molecule is CC1(C)c2ccccc2-c2ccc(N(c3cccc(-c4cc(Cl)cc5c4oc4ccccc45)c3)c3ccc4c(c3)oc3ccccc34)cc21. The van der Waals surface area contributed by atoms with Gasteiger partial charge in [-0.3, -0.25) is 0 Å². The molecule has 4 heteroatoms. The Bertz CT molecular complexity index is 2780. The summed E-state index contributed by atoms with van der Waals surface area (Å²) < 4.78 is 12.9. The third-order valence-electron chi connectivity index (χ3n) is 10.3. The summed E-state index contributed by atoms with van der Waals surface area (Å²) in [5.41, 5.74) is 13.6. The second-order valence-electron chi connectivity index (χ2n) is 13.5. The van der Waals surface area contributed by atoms with Gasteiger partial charge in [-0.05, 0) is 88.5 Å². The molecule has 0 atom stereocenters. The largest absolute Gasteiger partial charge is 0.456 e. The molecule has 1 aliphatic carbocycles. The maximum absolute atomic E-state index is 6.77. The zero-order chi connectivity index (χ0) is 32.9. The predicted molar refractivity (Wildman–Crippen MR) is 204 cm³/mol. The molecule has 0 bridgehead atoms. The van der Waals surface area contributed by atoms with Gasteiger partial charge in [0.1, 0.15) is 22.3 Å². The van der Waals surface area contributed by atoms with Crippen molar-refractivity contribution in [2.75, 3.05) is 4.90 Å². The summed E-state index contributed by atoms with van der Waals surface area (Å²) in [7, 11) is 0. The number of rotatable bonds is 4. The maximum atomic E-state index is 6.77. The first kappa shape index (κ1) is 28.3. The Kier molecular flexibility index (Phi) is 5.98. The maximum Gasteiger partial charge on any atom is 0.143 e. The molecule has 49 heavy (non-hydrogen) atoms. The molecule has 0 amide bonds. The van der Waals surface area contributed by atoms with Crippen LogP contribution in [-0.2, 0) is 5.41 Å². The van der Waals surface area contributed by atoms with Crippen LogP contribution in [0.1, 0.15) is 25.0 Å². The Morgan fingerprint density at radius 2 is 1.12 bits per heavy atom. The van der Waals surface area contributed by atoms with Crippen LogP contribution in [0.3, 0.4) is 0 Å². The number of fused-ring (bicyclic) bond motifs is 9. The van der Waals surface area contributed by atoms with E-state index in [0.29, 0.717) is 5.02 Å². The number of para-hydroxylation sites is 2. The molecule has 3 nitrogen and oxygen atoms in total. The monoisotopic (exact) mass is 651 g/mol. The smallest absolute Gasteiger partial charge is 0.143 e. The fourth-order valence-corrected chi connectivity index (χ4v) is 8.17. The fraction of sp³-hybridized carbons (Fsp3) is 0.0667. The highest BCUT2D eigenvalue weighted by atomic mass is 35.5.